The van der Waals surface area contributed by atoms with Gasteiger partial charge in [0.2, 0.25) is 5.91 Å². The summed E-state index contributed by atoms with van der Waals surface area (Å²) < 4.78 is 0. The van der Waals surface area contributed by atoms with E-state index in [1.165, 1.54) is 0 Å². The van der Waals surface area contributed by atoms with E-state index in [0.29, 0.717) is 18.8 Å². The molecule has 0 fully saturated rings. The van der Waals surface area contributed by atoms with Gasteiger partial charge < -0.3 is 5.11 Å². The van der Waals surface area contributed by atoms with Gasteiger partial charge >= 0.3 is 35.6 Å². The normalized spacial score (nSPS) is 23.6. The van der Waals surface area contributed by atoms with Gasteiger partial charge in [0.1, 0.15) is 0 Å². The zero-order valence-electron chi connectivity index (χ0n) is 13.0. The van der Waals surface area contributed by atoms with Crippen LogP contribution in [0, 0.1) is 11.3 Å². The summed E-state index contributed by atoms with van der Waals surface area (Å²) >= 11 is 0. The molecule has 1 N–H and O–H groups in total. The molecule has 0 radical (unpaired) electrons. The molecule has 0 bridgehead atoms. The molecule has 0 aromatic carbocycles. The van der Waals surface area contributed by atoms with Crippen LogP contribution in [0.15, 0.2) is 4.99 Å². The summed E-state index contributed by atoms with van der Waals surface area (Å²) in [5.41, 5.74) is -1.14. The quantitative estimate of drug-likeness (QED) is 0.611. The van der Waals surface area contributed by atoms with Crippen LogP contribution >= 0.6 is 0 Å². The first kappa shape index (κ1) is 19.6. The van der Waals surface area contributed by atoms with Gasteiger partial charge in [-0.15, -0.1) is 0 Å². The predicted molar refractivity (Wildman–Crippen MR) is 71.6 cm³/mol. The van der Waals surface area contributed by atoms with E-state index in [4.69, 9.17) is 0 Å². The molecule has 3 amide bonds. The summed E-state index contributed by atoms with van der Waals surface area (Å²) in [6, 6.07) is -0.833. The van der Waals surface area contributed by atoms with Crippen molar-refractivity contribution in [3.05, 3.63) is 0 Å². The molecule has 6 heteroatoms. The minimum atomic E-state index is -1.14. The van der Waals surface area contributed by atoms with Gasteiger partial charge in [-0.05, 0) is 24.7 Å². The minimum absolute atomic E-state index is 0. The number of carbonyl (C=O) groups excluding carboxylic acids is 2. The number of carbonyl (C=O) groups is 2. The van der Waals surface area contributed by atoms with Crippen molar-refractivity contribution in [2.24, 2.45) is 16.3 Å². The van der Waals surface area contributed by atoms with Crippen LogP contribution < -0.4 is 40.0 Å². The summed E-state index contributed by atoms with van der Waals surface area (Å²) in [5, 5.41) is 14.2. The summed E-state index contributed by atoms with van der Waals surface area (Å²) in [7, 11) is 0. The van der Waals surface area contributed by atoms with Crippen molar-refractivity contribution in [3.63, 3.8) is 0 Å². The number of nitrogens with one attached hydrogen (secondary N) is 1. The Balaban J connectivity index is 0.00000361. The van der Waals surface area contributed by atoms with Crippen molar-refractivity contribution in [3.8, 4) is 0 Å². The number of imide groups is 1. The fourth-order valence-electron chi connectivity index (χ4n) is 2.61. The standard InChI is InChI=1S/C14H24N2O3.Na/c1-4-7-8-10(5-2)9-14(6-3)11(17)15-13(19)16-12(14)18;/h10H,4-9H2,1-3H3,(H2,15,16,17,18,19);/q;+1/p-1. The number of amides is 3. The van der Waals surface area contributed by atoms with E-state index in [2.05, 4.69) is 24.2 Å². The van der Waals surface area contributed by atoms with Crippen molar-refractivity contribution in [2.75, 3.05) is 0 Å². The molecule has 2 unspecified atom stereocenters. The summed E-state index contributed by atoms with van der Waals surface area (Å²) in [6.07, 6.45) is 4.99. The van der Waals surface area contributed by atoms with Gasteiger partial charge in [-0.3, -0.25) is 10.1 Å². The summed E-state index contributed by atoms with van der Waals surface area (Å²) in [5.74, 6) is -0.730. The molecule has 0 aromatic rings. The molecule has 2 atom stereocenters. The second-order valence-electron chi connectivity index (χ2n) is 5.23. The Morgan fingerprint density at radius 1 is 1.30 bits per heavy atom. The molecule has 5 nitrogen and oxygen atoms in total. The van der Waals surface area contributed by atoms with Gasteiger partial charge in [0, 0.05) is 0 Å². The van der Waals surface area contributed by atoms with E-state index < -0.39 is 23.3 Å². The number of hydrogen-bond acceptors (Lipinski definition) is 3. The Labute approximate surface area is 142 Å². The molecule has 1 heterocycles. The van der Waals surface area contributed by atoms with Gasteiger partial charge in [-0.2, -0.15) is 0 Å². The molecule has 0 saturated carbocycles. The Hall–Kier alpha value is -0.390. The average molecular weight is 290 g/mol. The van der Waals surface area contributed by atoms with Crippen LogP contribution in [0.25, 0.3) is 0 Å². The van der Waals surface area contributed by atoms with Crippen LogP contribution in [0.3, 0.4) is 0 Å². The van der Waals surface area contributed by atoms with Crippen molar-refractivity contribution in [1.82, 2.24) is 5.32 Å². The second kappa shape index (κ2) is 8.80. The van der Waals surface area contributed by atoms with E-state index in [9.17, 15) is 14.7 Å². The van der Waals surface area contributed by atoms with Gasteiger partial charge in [0.15, 0.2) is 0 Å². The predicted octanol–water partition coefficient (Wildman–Crippen LogP) is -0.998. The zero-order valence-corrected chi connectivity index (χ0v) is 15.0. The first-order chi connectivity index (χ1) is 9.00. The number of nitrogens with zero attached hydrogens (tertiary/aromatic N) is 1. The van der Waals surface area contributed by atoms with E-state index in [1.54, 1.807) is 6.92 Å². The molecule has 0 saturated heterocycles. The van der Waals surface area contributed by atoms with E-state index in [0.717, 1.165) is 25.7 Å². The third-order valence-electron chi connectivity index (χ3n) is 4.05. The molecule has 0 aromatic heterocycles. The fourth-order valence-corrected chi connectivity index (χ4v) is 2.61. The van der Waals surface area contributed by atoms with Crippen LogP contribution in [-0.4, -0.2) is 17.8 Å². The van der Waals surface area contributed by atoms with E-state index in [-0.39, 0.29) is 29.6 Å². The topological polar surface area (TPSA) is 81.6 Å². The minimum Gasteiger partial charge on any atom is -0.861 e. The number of unbranched alkanes of at least 4 members (excludes halogenated alkanes) is 1. The van der Waals surface area contributed by atoms with Crippen molar-refractivity contribution in [1.29, 1.82) is 0 Å². The maximum atomic E-state index is 12.1. The Morgan fingerprint density at radius 2 is 1.95 bits per heavy atom. The Bertz CT molecular complexity index is 385. The molecule has 20 heavy (non-hydrogen) atoms. The number of rotatable bonds is 7. The average Bonchev–Trinajstić information content (AvgIpc) is 2.37. The third-order valence-corrected chi connectivity index (χ3v) is 4.05. The smallest absolute Gasteiger partial charge is 0.861 e. The maximum Gasteiger partial charge on any atom is 1.00 e. The Kier molecular flexibility index (Phi) is 8.63. The van der Waals surface area contributed by atoms with Crippen LogP contribution in [0.4, 0.5) is 4.79 Å². The summed E-state index contributed by atoms with van der Waals surface area (Å²) in [6.45, 7) is 5.99. The van der Waals surface area contributed by atoms with Crippen LogP contribution in [-0.2, 0) is 4.79 Å². The SMILES string of the molecule is CCCCC(CC)CC1(CC)C(=O)NC(=O)N=C1[O-].[Na+]. The van der Waals surface area contributed by atoms with Gasteiger partial charge in [0.05, 0.1) is 5.41 Å². The fraction of sp³-hybridized carbons (Fsp3) is 0.786. The van der Waals surface area contributed by atoms with Gasteiger partial charge in [0.25, 0.3) is 0 Å². The molecule has 0 aliphatic carbocycles. The molecule has 1 aliphatic rings. The third kappa shape index (κ3) is 4.30. The van der Waals surface area contributed by atoms with Gasteiger partial charge in [-0.1, -0.05) is 46.5 Å². The molecular weight excluding hydrogens is 267 g/mol. The van der Waals surface area contributed by atoms with Crippen molar-refractivity contribution in [2.45, 2.75) is 59.3 Å². The number of hydrogen-bond donors (Lipinski definition) is 1. The van der Waals surface area contributed by atoms with Crippen LogP contribution in [0.5, 0.6) is 0 Å². The number of aliphatic imine (C=N–C) groups is 1. The summed E-state index contributed by atoms with van der Waals surface area (Å²) in [4.78, 5) is 26.6. The number of urea groups is 1. The molecule has 108 valence electrons. The first-order valence-electron chi connectivity index (χ1n) is 7.11. The molecule has 1 rings (SSSR count). The monoisotopic (exact) mass is 290 g/mol. The molecule has 1 aliphatic heterocycles. The second-order valence-corrected chi connectivity index (χ2v) is 5.23. The zero-order chi connectivity index (χ0) is 14.5. The van der Waals surface area contributed by atoms with Crippen molar-refractivity contribution < 1.29 is 44.3 Å². The molecule has 0 spiro atoms. The van der Waals surface area contributed by atoms with E-state index in [1.807, 2.05) is 0 Å². The van der Waals surface area contributed by atoms with Crippen LogP contribution in [0.1, 0.15) is 59.3 Å². The van der Waals surface area contributed by atoms with Crippen molar-refractivity contribution >= 4 is 17.8 Å². The maximum absolute atomic E-state index is 12.1. The largest absolute Gasteiger partial charge is 1.00 e. The van der Waals surface area contributed by atoms with Crippen LogP contribution in [0.2, 0.25) is 0 Å². The molecular formula is C14H23N2NaO3. The first-order valence-corrected chi connectivity index (χ1v) is 7.11. The van der Waals surface area contributed by atoms with Gasteiger partial charge in [-0.25, -0.2) is 9.79 Å². The van der Waals surface area contributed by atoms with E-state index >= 15 is 0 Å². The Morgan fingerprint density at radius 3 is 2.40 bits per heavy atom.